The molecule has 2 heterocycles. The molecule has 4 nitrogen and oxygen atoms in total. The summed E-state index contributed by atoms with van der Waals surface area (Å²) in [6.07, 6.45) is 6.43. The van der Waals surface area contributed by atoms with E-state index in [9.17, 15) is 0 Å². The maximum Gasteiger partial charge on any atom is 0.195 e. The highest BCUT2D eigenvalue weighted by Crippen LogP contribution is 2.39. The molecule has 1 aliphatic heterocycles. The van der Waals surface area contributed by atoms with Gasteiger partial charge in [0.1, 0.15) is 5.82 Å². The first-order valence-electron chi connectivity index (χ1n) is 6.11. The molecular formula is C11H17N3OS. The molecule has 3 rings (SSSR count). The van der Waals surface area contributed by atoms with Crippen molar-refractivity contribution in [1.29, 1.82) is 0 Å². The van der Waals surface area contributed by atoms with Gasteiger partial charge >= 0.3 is 0 Å². The average molecular weight is 239 g/mol. The molecule has 0 bridgehead atoms. The minimum absolute atomic E-state index is 0.434. The Hall–Kier alpha value is -0.680. The van der Waals surface area contributed by atoms with Gasteiger partial charge in [-0.05, 0) is 44.3 Å². The van der Waals surface area contributed by atoms with Crippen LogP contribution in [0.4, 0.5) is 0 Å². The van der Waals surface area contributed by atoms with Gasteiger partial charge in [-0.15, -0.1) is 0 Å². The molecule has 1 N–H and O–H groups in total. The molecule has 1 aromatic rings. The van der Waals surface area contributed by atoms with E-state index in [4.69, 9.17) is 17.0 Å². The number of hydrogen-bond donors (Lipinski definition) is 1. The zero-order valence-corrected chi connectivity index (χ0v) is 10.1. The lowest BCUT2D eigenvalue weighted by atomic mass is 10.2. The Kier molecular flexibility index (Phi) is 2.81. The molecule has 1 aromatic heterocycles. The molecule has 5 heteroatoms. The number of hydrogen-bond acceptors (Lipinski definition) is 3. The molecule has 0 aromatic carbocycles. The second-order valence-corrected chi connectivity index (χ2v) is 5.12. The summed E-state index contributed by atoms with van der Waals surface area (Å²) in [5.41, 5.74) is 0. The SMILES string of the molecule is S=c1[nH]nc(C2CC2)n1CCC1CCCO1. The van der Waals surface area contributed by atoms with Gasteiger partial charge in [0.05, 0.1) is 6.10 Å². The summed E-state index contributed by atoms with van der Waals surface area (Å²) >= 11 is 5.26. The summed E-state index contributed by atoms with van der Waals surface area (Å²) in [4.78, 5) is 0. The number of aromatic amines is 1. The number of H-pyrrole nitrogens is 1. The summed E-state index contributed by atoms with van der Waals surface area (Å²) in [7, 11) is 0. The minimum Gasteiger partial charge on any atom is -0.378 e. The number of nitrogens with one attached hydrogen (secondary N) is 1. The van der Waals surface area contributed by atoms with Crippen LogP contribution >= 0.6 is 12.2 Å². The molecule has 2 fully saturated rings. The van der Waals surface area contributed by atoms with E-state index in [1.807, 2.05) is 0 Å². The van der Waals surface area contributed by atoms with Crippen LogP contribution < -0.4 is 0 Å². The van der Waals surface area contributed by atoms with E-state index >= 15 is 0 Å². The van der Waals surface area contributed by atoms with Crippen LogP contribution in [0.3, 0.4) is 0 Å². The van der Waals surface area contributed by atoms with Crippen LogP contribution in [0.2, 0.25) is 0 Å². The topological polar surface area (TPSA) is 42.8 Å². The number of rotatable bonds is 4. The van der Waals surface area contributed by atoms with Gasteiger partial charge in [-0.1, -0.05) is 0 Å². The Balaban J connectivity index is 1.68. The monoisotopic (exact) mass is 239 g/mol. The van der Waals surface area contributed by atoms with Crippen LogP contribution in [0.25, 0.3) is 0 Å². The normalized spacial score (nSPS) is 25.1. The fraction of sp³-hybridized carbons (Fsp3) is 0.818. The standard InChI is InChI=1S/C11H17N3OS/c16-11-13-12-10(8-3-4-8)14(11)6-5-9-2-1-7-15-9/h8-9H,1-7H2,(H,13,16). The van der Waals surface area contributed by atoms with Crippen molar-refractivity contribution >= 4 is 12.2 Å². The van der Waals surface area contributed by atoms with E-state index in [1.54, 1.807) is 0 Å². The van der Waals surface area contributed by atoms with Crippen molar-refractivity contribution in [3.63, 3.8) is 0 Å². The molecule has 1 saturated heterocycles. The van der Waals surface area contributed by atoms with E-state index in [-0.39, 0.29) is 0 Å². The molecule has 0 spiro atoms. The van der Waals surface area contributed by atoms with Gasteiger partial charge in [0.2, 0.25) is 0 Å². The molecule has 1 atom stereocenters. The zero-order valence-electron chi connectivity index (χ0n) is 9.32. The molecule has 0 amide bonds. The third-order valence-electron chi connectivity index (χ3n) is 3.43. The van der Waals surface area contributed by atoms with Crippen molar-refractivity contribution in [2.45, 2.75) is 50.7 Å². The van der Waals surface area contributed by atoms with E-state index < -0.39 is 0 Å². The first kappa shape index (κ1) is 10.5. The van der Waals surface area contributed by atoms with Crippen molar-refractivity contribution in [2.75, 3.05) is 6.61 Å². The van der Waals surface area contributed by atoms with Crippen molar-refractivity contribution in [3.05, 3.63) is 10.6 Å². The lowest BCUT2D eigenvalue weighted by Gasteiger charge is -2.10. The van der Waals surface area contributed by atoms with E-state index in [1.165, 1.54) is 25.7 Å². The van der Waals surface area contributed by atoms with Crippen LogP contribution in [0.5, 0.6) is 0 Å². The molecule has 16 heavy (non-hydrogen) atoms. The van der Waals surface area contributed by atoms with Crippen molar-refractivity contribution in [3.8, 4) is 0 Å². The van der Waals surface area contributed by atoms with Crippen LogP contribution in [-0.4, -0.2) is 27.5 Å². The number of ether oxygens (including phenoxy) is 1. The Morgan fingerprint density at radius 1 is 1.44 bits per heavy atom. The van der Waals surface area contributed by atoms with Crippen molar-refractivity contribution in [2.24, 2.45) is 0 Å². The first-order valence-corrected chi connectivity index (χ1v) is 6.52. The van der Waals surface area contributed by atoms with Gasteiger partial charge < -0.3 is 9.30 Å². The van der Waals surface area contributed by atoms with Crippen molar-refractivity contribution < 1.29 is 4.74 Å². The Bertz CT molecular complexity index is 415. The van der Waals surface area contributed by atoms with Gasteiger partial charge in [-0.3, -0.25) is 5.10 Å². The highest BCUT2D eigenvalue weighted by Gasteiger charge is 2.29. The smallest absolute Gasteiger partial charge is 0.195 e. The summed E-state index contributed by atoms with van der Waals surface area (Å²) < 4.78 is 8.55. The minimum atomic E-state index is 0.434. The maximum absolute atomic E-state index is 5.63. The predicted molar refractivity (Wildman–Crippen MR) is 63.0 cm³/mol. The van der Waals surface area contributed by atoms with Crippen LogP contribution in [-0.2, 0) is 11.3 Å². The van der Waals surface area contributed by atoms with Gasteiger partial charge in [0, 0.05) is 19.1 Å². The van der Waals surface area contributed by atoms with E-state index in [0.29, 0.717) is 12.0 Å². The highest BCUT2D eigenvalue weighted by molar-refractivity contribution is 7.71. The summed E-state index contributed by atoms with van der Waals surface area (Å²) in [6, 6.07) is 0. The summed E-state index contributed by atoms with van der Waals surface area (Å²) in [6.45, 7) is 1.88. The first-order chi connectivity index (χ1) is 7.84. The van der Waals surface area contributed by atoms with Crippen LogP contribution in [0.1, 0.15) is 43.8 Å². The quantitative estimate of drug-likeness (QED) is 0.820. The molecule has 1 aliphatic carbocycles. The van der Waals surface area contributed by atoms with Gasteiger partial charge in [0.15, 0.2) is 4.77 Å². The largest absolute Gasteiger partial charge is 0.378 e. The second kappa shape index (κ2) is 4.30. The van der Waals surface area contributed by atoms with Gasteiger partial charge in [-0.25, -0.2) is 0 Å². The molecule has 2 aliphatic rings. The second-order valence-electron chi connectivity index (χ2n) is 4.74. The van der Waals surface area contributed by atoms with Crippen LogP contribution in [0, 0.1) is 4.77 Å². The molecule has 0 radical (unpaired) electrons. The molecule has 88 valence electrons. The third kappa shape index (κ3) is 2.06. The average Bonchev–Trinajstić information content (AvgIpc) is 2.87. The predicted octanol–water partition coefficient (Wildman–Crippen LogP) is 2.39. The van der Waals surface area contributed by atoms with Gasteiger partial charge in [0.25, 0.3) is 0 Å². The van der Waals surface area contributed by atoms with E-state index in [2.05, 4.69) is 14.8 Å². The number of aromatic nitrogens is 3. The molecule has 1 unspecified atom stereocenters. The fourth-order valence-corrected chi connectivity index (χ4v) is 2.57. The van der Waals surface area contributed by atoms with Crippen molar-refractivity contribution in [1.82, 2.24) is 14.8 Å². The zero-order chi connectivity index (χ0) is 11.0. The maximum atomic E-state index is 5.63. The third-order valence-corrected chi connectivity index (χ3v) is 3.74. The summed E-state index contributed by atoms with van der Waals surface area (Å²) in [5.74, 6) is 1.81. The molecular weight excluding hydrogens is 222 g/mol. The Morgan fingerprint density at radius 3 is 3.00 bits per heavy atom. The summed E-state index contributed by atoms with van der Waals surface area (Å²) in [5, 5.41) is 7.24. The lowest BCUT2D eigenvalue weighted by molar-refractivity contribution is 0.100. The van der Waals surface area contributed by atoms with Crippen LogP contribution in [0.15, 0.2) is 0 Å². The fourth-order valence-electron chi connectivity index (χ4n) is 2.34. The molecule has 1 saturated carbocycles. The Labute approximate surface area is 100 Å². The van der Waals surface area contributed by atoms with E-state index in [0.717, 1.165) is 30.2 Å². The number of nitrogens with zero attached hydrogens (tertiary/aromatic N) is 2. The van der Waals surface area contributed by atoms with Gasteiger partial charge in [-0.2, -0.15) is 5.10 Å². The highest BCUT2D eigenvalue weighted by atomic mass is 32.1. The Morgan fingerprint density at radius 2 is 2.31 bits per heavy atom. The lowest BCUT2D eigenvalue weighted by Crippen LogP contribution is -2.11.